The molecule has 0 saturated heterocycles. The van der Waals surface area contributed by atoms with Crippen LogP contribution in [0, 0.1) is 23.2 Å². The third-order valence-electron chi connectivity index (χ3n) is 5.17. The number of esters is 1. The summed E-state index contributed by atoms with van der Waals surface area (Å²) in [5.74, 6) is 1.75. The fourth-order valence-electron chi connectivity index (χ4n) is 3.92. The second kappa shape index (κ2) is 4.47. The molecule has 2 aliphatic carbocycles. The average Bonchev–Trinajstić information content (AvgIpc) is 2.25. The molecular weight excluding hydrogens is 212 g/mol. The third-order valence-corrected chi connectivity index (χ3v) is 5.17. The molecule has 17 heavy (non-hydrogen) atoms. The van der Waals surface area contributed by atoms with Gasteiger partial charge in [-0.15, -0.1) is 0 Å². The molecule has 0 aromatic heterocycles. The van der Waals surface area contributed by atoms with E-state index in [1.165, 1.54) is 13.3 Å². The fourth-order valence-corrected chi connectivity index (χ4v) is 3.92. The van der Waals surface area contributed by atoms with E-state index in [9.17, 15) is 4.79 Å². The number of carbonyl (C=O) groups excluding carboxylic acids is 1. The Morgan fingerprint density at radius 1 is 1.35 bits per heavy atom. The topological polar surface area (TPSA) is 26.3 Å². The van der Waals surface area contributed by atoms with Crippen LogP contribution in [0.5, 0.6) is 0 Å². The largest absolute Gasteiger partial charge is 0.462 e. The van der Waals surface area contributed by atoms with Crippen LogP contribution in [-0.4, -0.2) is 12.1 Å². The highest BCUT2D eigenvalue weighted by Crippen LogP contribution is 2.54. The highest BCUT2D eigenvalue weighted by molar-refractivity contribution is 5.66. The Labute approximate surface area is 104 Å². The van der Waals surface area contributed by atoms with Crippen molar-refractivity contribution in [3.63, 3.8) is 0 Å². The van der Waals surface area contributed by atoms with Crippen molar-refractivity contribution in [1.29, 1.82) is 0 Å². The molecule has 2 heteroatoms. The standard InChI is InChI=1S/C15H24O2/c1-10-8-9-14(17-12(3)16)15(4)11(2)6-5-7-13(10)15/h5-6,10-11,13-14H,7-9H2,1-4H3. The van der Waals surface area contributed by atoms with Gasteiger partial charge < -0.3 is 4.74 Å². The molecule has 5 atom stereocenters. The minimum Gasteiger partial charge on any atom is -0.462 e. The predicted molar refractivity (Wildman–Crippen MR) is 68.5 cm³/mol. The van der Waals surface area contributed by atoms with E-state index in [0.717, 1.165) is 18.8 Å². The number of hydrogen-bond acceptors (Lipinski definition) is 2. The van der Waals surface area contributed by atoms with E-state index in [1.807, 2.05) is 0 Å². The molecule has 1 fully saturated rings. The average molecular weight is 236 g/mol. The normalized spacial score (nSPS) is 45.2. The highest BCUT2D eigenvalue weighted by atomic mass is 16.5. The van der Waals surface area contributed by atoms with Crippen LogP contribution in [0.4, 0.5) is 0 Å². The van der Waals surface area contributed by atoms with Gasteiger partial charge in [-0.2, -0.15) is 0 Å². The van der Waals surface area contributed by atoms with E-state index >= 15 is 0 Å². The molecular formula is C15H24O2. The monoisotopic (exact) mass is 236 g/mol. The van der Waals surface area contributed by atoms with Crippen molar-refractivity contribution in [1.82, 2.24) is 0 Å². The third kappa shape index (κ3) is 2.02. The van der Waals surface area contributed by atoms with Crippen LogP contribution in [0.1, 0.15) is 47.0 Å². The quantitative estimate of drug-likeness (QED) is 0.514. The minimum absolute atomic E-state index is 0.0983. The van der Waals surface area contributed by atoms with Crippen LogP contribution in [0.15, 0.2) is 12.2 Å². The van der Waals surface area contributed by atoms with Crippen molar-refractivity contribution in [2.24, 2.45) is 23.2 Å². The van der Waals surface area contributed by atoms with Crippen LogP contribution in [0.3, 0.4) is 0 Å². The lowest BCUT2D eigenvalue weighted by Gasteiger charge is -2.53. The summed E-state index contributed by atoms with van der Waals surface area (Å²) in [5, 5.41) is 0. The first-order valence-electron chi connectivity index (χ1n) is 6.80. The zero-order valence-corrected chi connectivity index (χ0v) is 11.4. The van der Waals surface area contributed by atoms with Crippen molar-refractivity contribution in [2.75, 3.05) is 0 Å². The molecule has 1 saturated carbocycles. The molecule has 0 aromatic carbocycles. The van der Waals surface area contributed by atoms with Crippen LogP contribution < -0.4 is 0 Å². The van der Waals surface area contributed by atoms with Gasteiger partial charge in [-0.25, -0.2) is 0 Å². The Balaban J connectivity index is 2.30. The smallest absolute Gasteiger partial charge is 0.302 e. The van der Waals surface area contributed by atoms with Crippen LogP contribution in [0.2, 0.25) is 0 Å². The first kappa shape index (κ1) is 12.7. The summed E-state index contributed by atoms with van der Waals surface area (Å²) >= 11 is 0. The van der Waals surface area contributed by atoms with Crippen molar-refractivity contribution in [2.45, 2.75) is 53.1 Å². The van der Waals surface area contributed by atoms with E-state index in [2.05, 4.69) is 32.9 Å². The molecule has 0 bridgehead atoms. The Morgan fingerprint density at radius 2 is 2.06 bits per heavy atom. The summed E-state index contributed by atoms with van der Waals surface area (Å²) < 4.78 is 5.61. The number of carbonyl (C=O) groups is 1. The highest BCUT2D eigenvalue weighted by Gasteiger charge is 2.51. The van der Waals surface area contributed by atoms with Gasteiger partial charge in [0.15, 0.2) is 0 Å². The van der Waals surface area contributed by atoms with E-state index in [-0.39, 0.29) is 17.5 Å². The molecule has 2 rings (SSSR count). The van der Waals surface area contributed by atoms with Gasteiger partial charge in [0.05, 0.1) is 0 Å². The maximum Gasteiger partial charge on any atom is 0.302 e. The summed E-state index contributed by atoms with van der Waals surface area (Å²) in [6.07, 6.45) is 8.04. The first-order chi connectivity index (χ1) is 7.96. The molecule has 5 unspecified atom stereocenters. The number of allylic oxidation sites excluding steroid dienone is 2. The maximum atomic E-state index is 11.3. The Kier molecular flexibility index (Phi) is 3.33. The molecule has 0 N–H and O–H groups in total. The summed E-state index contributed by atoms with van der Waals surface area (Å²) in [7, 11) is 0. The molecule has 0 spiro atoms. The van der Waals surface area contributed by atoms with Crippen molar-refractivity contribution in [3.05, 3.63) is 12.2 Å². The Bertz CT molecular complexity index is 334. The van der Waals surface area contributed by atoms with Crippen LogP contribution in [-0.2, 0) is 9.53 Å². The van der Waals surface area contributed by atoms with Crippen LogP contribution in [0.25, 0.3) is 0 Å². The second-order valence-corrected chi connectivity index (χ2v) is 6.08. The Morgan fingerprint density at radius 3 is 2.71 bits per heavy atom. The number of fused-ring (bicyclic) bond motifs is 1. The molecule has 0 aromatic rings. The van der Waals surface area contributed by atoms with Crippen molar-refractivity contribution in [3.8, 4) is 0 Å². The molecule has 2 nitrogen and oxygen atoms in total. The minimum atomic E-state index is -0.133. The lowest BCUT2D eigenvalue weighted by Crippen LogP contribution is -2.52. The summed E-state index contributed by atoms with van der Waals surface area (Å²) in [6, 6.07) is 0. The van der Waals surface area contributed by atoms with Gasteiger partial charge in [-0.3, -0.25) is 4.79 Å². The van der Waals surface area contributed by atoms with Gasteiger partial charge >= 0.3 is 5.97 Å². The number of ether oxygens (including phenoxy) is 1. The van der Waals surface area contributed by atoms with E-state index in [0.29, 0.717) is 11.8 Å². The lowest BCUT2D eigenvalue weighted by atomic mass is 9.53. The first-order valence-corrected chi connectivity index (χ1v) is 6.80. The summed E-state index contributed by atoms with van der Waals surface area (Å²) in [6.45, 7) is 8.45. The zero-order valence-electron chi connectivity index (χ0n) is 11.4. The summed E-state index contributed by atoms with van der Waals surface area (Å²) in [5.41, 5.74) is 0.123. The van der Waals surface area contributed by atoms with Gasteiger partial charge in [0.2, 0.25) is 0 Å². The number of rotatable bonds is 1. The maximum absolute atomic E-state index is 11.3. The SMILES string of the molecule is CC(=O)OC1CCC(C)C2CC=CC(C)C12C. The summed E-state index contributed by atoms with van der Waals surface area (Å²) in [4.78, 5) is 11.3. The van der Waals surface area contributed by atoms with E-state index in [4.69, 9.17) is 4.74 Å². The van der Waals surface area contributed by atoms with Crippen LogP contribution >= 0.6 is 0 Å². The van der Waals surface area contributed by atoms with Gasteiger partial charge in [-0.05, 0) is 37.0 Å². The predicted octanol–water partition coefficient (Wildman–Crippen LogP) is 3.57. The molecule has 0 radical (unpaired) electrons. The second-order valence-electron chi connectivity index (χ2n) is 6.08. The van der Waals surface area contributed by atoms with Crippen molar-refractivity contribution >= 4 is 5.97 Å². The molecule has 0 aliphatic heterocycles. The molecule has 96 valence electrons. The molecule has 0 amide bonds. The van der Waals surface area contributed by atoms with Gasteiger partial charge in [0.1, 0.15) is 6.10 Å². The lowest BCUT2D eigenvalue weighted by molar-refractivity contribution is -0.168. The number of hydrogen-bond donors (Lipinski definition) is 0. The zero-order chi connectivity index (χ0) is 12.6. The van der Waals surface area contributed by atoms with Gasteiger partial charge in [0.25, 0.3) is 0 Å². The fraction of sp³-hybridized carbons (Fsp3) is 0.800. The van der Waals surface area contributed by atoms with E-state index in [1.54, 1.807) is 0 Å². The van der Waals surface area contributed by atoms with Crippen molar-refractivity contribution < 1.29 is 9.53 Å². The molecule has 0 heterocycles. The van der Waals surface area contributed by atoms with E-state index < -0.39 is 0 Å². The van der Waals surface area contributed by atoms with Gasteiger partial charge in [-0.1, -0.05) is 32.9 Å². The van der Waals surface area contributed by atoms with Gasteiger partial charge in [0, 0.05) is 12.3 Å². The molecule has 2 aliphatic rings. The Hall–Kier alpha value is -0.790.